The van der Waals surface area contributed by atoms with E-state index >= 15 is 0 Å². The Labute approximate surface area is 222 Å². The Bertz CT molecular complexity index is 1260. The van der Waals surface area contributed by atoms with Crippen molar-refractivity contribution in [2.24, 2.45) is 10.7 Å². The Morgan fingerprint density at radius 2 is 1.22 bits per heavy atom. The van der Waals surface area contributed by atoms with Gasteiger partial charge in [-0.25, -0.2) is 0 Å². The average Bonchev–Trinajstić information content (AvgIpc) is 2.95. The highest BCUT2D eigenvalue weighted by Crippen LogP contribution is 2.38. The first-order valence-electron chi connectivity index (χ1n) is 13.6. The van der Waals surface area contributed by atoms with Gasteiger partial charge in [0.15, 0.2) is 0 Å². The third-order valence-corrected chi connectivity index (χ3v) is 7.09. The molecule has 0 atom stereocenters. The number of nitrogens with two attached hydrogens (primary N) is 1. The minimum Gasteiger partial charge on any atom is -0.372 e. The van der Waals surface area contributed by atoms with Crippen LogP contribution in [0.2, 0.25) is 0 Å². The van der Waals surface area contributed by atoms with E-state index < -0.39 is 0 Å². The third-order valence-electron chi connectivity index (χ3n) is 7.09. The first-order chi connectivity index (χ1) is 18.1. The summed E-state index contributed by atoms with van der Waals surface area (Å²) in [6.45, 7) is 13.9. The summed E-state index contributed by atoms with van der Waals surface area (Å²) in [5.41, 5.74) is 16.7. The lowest BCUT2D eigenvalue weighted by atomic mass is 9.83. The van der Waals surface area contributed by atoms with E-state index in [0.29, 0.717) is 6.54 Å². The molecule has 0 saturated carbocycles. The van der Waals surface area contributed by atoms with Gasteiger partial charge < -0.3 is 15.5 Å². The molecule has 3 aromatic rings. The maximum absolute atomic E-state index is 5.86. The van der Waals surface area contributed by atoms with Crippen LogP contribution in [0.5, 0.6) is 0 Å². The highest BCUT2D eigenvalue weighted by molar-refractivity contribution is 6.19. The summed E-state index contributed by atoms with van der Waals surface area (Å²) in [6, 6.07) is 26.6. The van der Waals surface area contributed by atoms with Gasteiger partial charge in [-0.1, -0.05) is 54.6 Å². The number of benzene rings is 3. The number of rotatable bonds is 10. The first kappa shape index (κ1) is 26.4. The predicted molar refractivity (Wildman–Crippen MR) is 162 cm³/mol. The summed E-state index contributed by atoms with van der Waals surface area (Å²) in [5.74, 6) is 0. The number of anilines is 2. The predicted octanol–water partition coefficient (Wildman–Crippen LogP) is 6.66. The molecule has 0 aromatic heterocycles. The molecule has 37 heavy (non-hydrogen) atoms. The molecule has 0 spiro atoms. The standard InChI is InChI=1S/C33H40N4/c1-5-35-32-22-21-31(29-11-9-10-12-30(29)32)33(25-13-17-27(18-14-25)36(6-2)7-3)26-15-19-28(20-16-26)37(8-4)24-23-34/h9-22H,5-8,23-24,34H2,1-4H3. The van der Waals surface area contributed by atoms with E-state index in [0.717, 1.165) is 38.4 Å². The maximum atomic E-state index is 5.86. The number of aliphatic imine (C=N–C) groups is 1. The molecule has 0 heterocycles. The van der Waals surface area contributed by atoms with E-state index in [1.165, 1.54) is 44.8 Å². The fourth-order valence-corrected chi connectivity index (χ4v) is 5.18. The van der Waals surface area contributed by atoms with Crippen molar-refractivity contribution in [2.75, 3.05) is 49.1 Å². The van der Waals surface area contributed by atoms with Gasteiger partial charge >= 0.3 is 0 Å². The number of fused-ring (bicyclic) bond motifs is 1. The summed E-state index contributed by atoms with van der Waals surface area (Å²) in [5, 5.41) is 0. The number of likely N-dealkylation sites (N-methyl/N-ethyl adjacent to an activating group) is 1. The molecule has 0 unspecified atom stereocenters. The zero-order chi connectivity index (χ0) is 26.2. The van der Waals surface area contributed by atoms with Crippen molar-refractivity contribution in [3.63, 3.8) is 0 Å². The highest BCUT2D eigenvalue weighted by Gasteiger charge is 2.20. The second-order valence-corrected chi connectivity index (χ2v) is 9.16. The lowest BCUT2D eigenvalue weighted by molar-refractivity contribution is 0.817. The molecule has 0 fully saturated rings. The van der Waals surface area contributed by atoms with E-state index in [1.54, 1.807) is 0 Å². The average molecular weight is 493 g/mol. The van der Waals surface area contributed by atoms with Crippen LogP contribution in [0, 0.1) is 0 Å². The molecule has 0 bridgehead atoms. The van der Waals surface area contributed by atoms with Crippen LogP contribution in [0.1, 0.15) is 49.9 Å². The summed E-state index contributed by atoms with van der Waals surface area (Å²) in [4.78, 5) is 9.46. The molecule has 4 nitrogen and oxygen atoms in total. The van der Waals surface area contributed by atoms with Gasteiger partial charge in [0.2, 0.25) is 0 Å². The monoisotopic (exact) mass is 492 g/mol. The van der Waals surface area contributed by atoms with Gasteiger partial charge in [0, 0.05) is 56.2 Å². The smallest absolute Gasteiger partial charge is 0.0652 e. The van der Waals surface area contributed by atoms with Gasteiger partial charge in [-0.15, -0.1) is 0 Å². The van der Waals surface area contributed by atoms with Gasteiger partial charge in [0.1, 0.15) is 0 Å². The van der Waals surface area contributed by atoms with Crippen LogP contribution >= 0.6 is 0 Å². The molecule has 192 valence electrons. The first-order valence-corrected chi connectivity index (χ1v) is 13.6. The third kappa shape index (κ3) is 5.70. The molecule has 0 saturated heterocycles. The van der Waals surface area contributed by atoms with E-state index in [9.17, 15) is 0 Å². The van der Waals surface area contributed by atoms with Crippen molar-refractivity contribution in [3.8, 4) is 0 Å². The van der Waals surface area contributed by atoms with Crippen LogP contribution < -0.4 is 15.5 Å². The Morgan fingerprint density at radius 1 is 0.676 bits per heavy atom. The highest BCUT2D eigenvalue weighted by atomic mass is 15.1. The number of hydrogen-bond acceptors (Lipinski definition) is 4. The van der Waals surface area contributed by atoms with Crippen LogP contribution in [0.25, 0.3) is 11.1 Å². The van der Waals surface area contributed by atoms with Gasteiger partial charge in [-0.05, 0) is 85.9 Å². The number of nitrogens with zero attached hydrogens (tertiary/aromatic N) is 3. The second kappa shape index (κ2) is 12.6. The van der Waals surface area contributed by atoms with Crippen LogP contribution in [0.3, 0.4) is 0 Å². The topological polar surface area (TPSA) is 44.9 Å². The minimum atomic E-state index is 0.646. The molecule has 4 heteroatoms. The normalized spacial score (nSPS) is 15.0. The van der Waals surface area contributed by atoms with Gasteiger partial charge in [0.25, 0.3) is 0 Å². The van der Waals surface area contributed by atoms with Crippen molar-refractivity contribution in [3.05, 3.63) is 107 Å². The fraction of sp³-hybridized carbons (Fsp3) is 0.303. The Kier molecular flexibility index (Phi) is 8.97. The Morgan fingerprint density at radius 3 is 1.73 bits per heavy atom. The van der Waals surface area contributed by atoms with Crippen LogP contribution in [-0.4, -0.2) is 45.0 Å². The number of hydrogen-bond donors (Lipinski definition) is 1. The van der Waals surface area contributed by atoms with Crippen LogP contribution in [-0.2, 0) is 0 Å². The second-order valence-electron chi connectivity index (χ2n) is 9.16. The van der Waals surface area contributed by atoms with Gasteiger partial charge in [-0.3, -0.25) is 4.99 Å². The molecule has 0 radical (unpaired) electrons. The molecular weight excluding hydrogens is 452 g/mol. The SMILES string of the molecule is CCN=C1C=CC(=C(c2ccc(N(CC)CC)cc2)c2ccc(N(CC)CCN)cc2)c2ccccc21. The molecule has 3 aromatic carbocycles. The summed E-state index contributed by atoms with van der Waals surface area (Å²) in [7, 11) is 0. The zero-order valence-electron chi connectivity index (χ0n) is 22.7. The van der Waals surface area contributed by atoms with Crippen molar-refractivity contribution < 1.29 is 0 Å². The van der Waals surface area contributed by atoms with Crippen molar-refractivity contribution in [2.45, 2.75) is 27.7 Å². The molecule has 2 N–H and O–H groups in total. The van der Waals surface area contributed by atoms with Crippen LogP contribution in [0.4, 0.5) is 11.4 Å². The molecule has 0 amide bonds. The molecule has 1 aliphatic rings. The number of allylic oxidation sites excluding steroid dienone is 3. The largest absolute Gasteiger partial charge is 0.372 e. The summed E-state index contributed by atoms with van der Waals surface area (Å²) >= 11 is 0. The maximum Gasteiger partial charge on any atom is 0.0652 e. The van der Waals surface area contributed by atoms with E-state index in [4.69, 9.17) is 10.7 Å². The molecule has 4 rings (SSSR count). The van der Waals surface area contributed by atoms with Crippen molar-refractivity contribution in [1.29, 1.82) is 0 Å². The van der Waals surface area contributed by atoms with E-state index in [-0.39, 0.29) is 0 Å². The van der Waals surface area contributed by atoms with Gasteiger partial charge in [-0.2, -0.15) is 0 Å². The summed E-state index contributed by atoms with van der Waals surface area (Å²) in [6.07, 6.45) is 4.41. The lowest BCUT2D eigenvalue weighted by Crippen LogP contribution is -2.28. The molecule has 0 aliphatic heterocycles. The Balaban J connectivity index is 1.89. The fourth-order valence-electron chi connectivity index (χ4n) is 5.18. The van der Waals surface area contributed by atoms with Crippen LogP contribution in [0.15, 0.2) is 89.9 Å². The van der Waals surface area contributed by atoms with E-state index in [2.05, 4.69) is 122 Å². The molecular formula is C33H40N4. The quantitative estimate of drug-likeness (QED) is 0.344. The molecule has 1 aliphatic carbocycles. The van der Waals surface area contributed by atoms with Crippen molar-refractivity contribution in [1.82, 2.24) is 0 Å². The Hall–Kier alpha value is -3.63. The summed E-state index contributed by atoms with van der Waals surface area (Å²) < 4.78 is 0. The minimum absolute atomic E-state index is 0.646. The van der Waals surface area contributed by atoms with Crippen molar-refractivity contribution >= 4 is 28.2 Å². The van der Waals surface area contributed by atoms with Gasteiger partial charge in [0.05, 0.1) is 5.71 Å². The lowest BCUT2D eigenvalue weighted by Gasteiger charge is -2.24. The van der Waals surface area contributed by atoms with E-state index in [1.807, 2.05) is 0 Å². The zero-order valence-corrected chi connectivity index (χ0v) is 22.7.